The number of ether oxygens (including phenoxy) is 2. The predicted octanol–water partition coefficient (Wildman–Crippen LogP) is 4.89. The van der Waals surface area contributed by atoms with E-state index >= 15 is 0 Å². The molecule has 1 saturated heterocycles. The number of rotatable bonds is 10. The van der Waals surface area contributed by atoms with Gasteiger partial charge in [-0.25, -0.2) is 4.98 Å². The van der Waals surface area contributed by atoms with Gasteiger partial charge in [0.2, 0.25) is 0 Å². The third kappa shape index (κ3) is 8.00. The fourth-order valence-corrected chi connectivity index (χ4v) is 5.29. The first-order chi connectivity index (χ1) is 16.6. The van der Waals surface area contributed by atoms with Crippen molar-refractivity contribution in [1.29, 1.82) is 0 Å². The van der Waals surface area contributed by atoms with E-state index in [9.17, 15) is 9.90 Å². The SMILES string of the molecule is COc1ccc(-c2csc(CCCCC(=O)OC(C)(C)C)n2)cc1C(O)N1CCC(N(C)C)CC1. The number of aliphatic hydroxyl groups excluding tert-OH is 1. The molecule has 1 N–H and O–H groups in total. The average molecular weight is 504 g/mol. The summed E-state index contributed by atoms with van der Waals surface area (Å²) in [5.74, 6) is 0.543. The zero-order valence-corrected chi connectivity index (χ0v) is 22.9. The Morgan fingerprint density at radius 2 is 1.97 bits per heavy atom. The van der Waals surface area contributed by atoms with Crippen molar-refractivity contribution in [2.24, 2.45) is 0 Å². The van der Waals surface area contributed by atoms with Crippen LogP contribution in [0.15, 0.2) is 23.6 Å². The standard InChI is InChI=1S/C27H41N3O4S/c1-27(2,3)34-25(31)10-8-7-9-24-28-22(18-35-24)19-11-12-23(33-6)21(17-19)26(32)30-15-13-20(14-16-30)29(4)5/h11-12,17-18,20,26,32H,7-10,13-16H2,1-6H3. The van der Waals surface area contributed by atoms with Crippen LogP contribution in [-0.4, -0.2) is 71.8 Å². The third-order valence-corrected chi connectivity index (χ3v) is 7.28. The first kappa shape index (κ1) is 27.6. The Morgan fingerprint density at radius 1 is 1.26 bits per heavy atom. The molecule has 0 radical (unpaired) electrons. The highest BCUT2D eigenvalue weighted by molar-refractivity contribution is 7.09. The highest BCUT2D eigenvalue weighted by Crippen LogP contribution is 2.34. The highest BCUT2D eigenvalue weighted by atomic mass is 32.1. The fourth-order valence-electron chi connectivity index (χ4n) is 4.44. The Balaban J connectivity index is 1.61. The van der Waals surface area contributed by atoms with Crippen LogP contribution >= 0.6 is 11.3 Å². The second kappa shape index (κ2) is 12.3. The van der Waals surface area contributed by atoms with Gasteiger partial charge in [-0.15, -0.1) is 11.3 Å². The second-order valence-electron chi connectivity index (χ2n) is 10.5. The number of aryl methyl sites for hydroxylation is 1. The van der Waals surface area contributed by atoms with Gasteiger partial charge in [-0.05, 0) is 85.2 Å². The van der Waals surface area contributed by atoms with Crippen LogP contribution < -0.4 is 4.74 Å². The molecule has 0 aliphatic carbocycles. The Hall–Kier alpha value is -2.00. The number of unbranched alkanes of at least 4 members (excludes halogenated alkanes) is 1. The molecule has 1 atom stereocenters. The van der Waals surface area contributed by atoms with Gasteiger partial charge in [-0.1, -0.05) is 0 Å². The topological polar surface area (TPSA) is 75.1 Å². The first-order valence-electron chi connectivity index (χ1n) is 12.5. The van der Waals surface area contributed by atoms with E-state index in [1.54, 1.807) is 18.4 Å². The lowest BCUT2D eigenvalue weighted by Crippen LogP contribution is -2.43. The number of thiazole rings is 1. The van der Waals surface area contributed by atoms with Crippen LogP contribution in [0.2, 0.25) is 0 Å². The number of aromatic nitrogens is 1. The van der Waals surface area contributed by atoms with Crippen molar-refractivity contribution in [3.8, 4) is 17.0 Å². The summed E-state index contributed by atoms with van der Waals surface area (Å²) < 4.78 is 10.9. The van der Waals surface area contributed by atoms with Crippen molar-refractivity contribution < 1.29 is 19.4 Å². The van der Waals surface area contributed by atoms with Gasteiger partial charge in [-0.2, -0.15) is 0 Å². The van der Waals surface area contributed by atoms with Crippen LogP contribution in [0, 0.1) is 0 Å². The summed E-state index contributed by atoms with van der Waals surface area (Å²) in [6, 6.07) is 6.47. The van der Waals surface area contributed by atoms with E-state index in [0.717, 1.165) is 67.0 Å². The first-order valence-corrected chi connectivity index (χ1v) is 13.4. The summed E-state index contributed by atoms with van der Waals surface area (Å²) in [5, 5.41) is 14.3. The Labute approximate surface area is 214 Å². The maximum absolute atomic E-state index is 11.9. The summed E-state index contributed by atoms with van der Waals surface area (Å²) in [4.78, 5) is 21.1. The van der Waals surface area contributed by atoms with Gasteiger partial charge in [-0.3, -0.25) is 9.69 Å². The maximum atomic E-state index is 11.9. The minimum absolute atomic E-state index is 0.146. The molecule has 2 aromatic rings. The molecule has 0 saturated carbocycles. The molecule has 1 aromatic heterocycles. The number of aliphatic hydroxyl groups is 1. The number of esters is 1. The number of methoxy groups -OCH3 is 1. The van der Waals surface area contributed by atoms with E-state index in [-0.39, 0.29) is 5.97 Å². The van der Waals surface area contributed by atoms with Crippen molar-refractivity contribution in [2.45, 2.75) is 77.2 Å². The van der Waals surface area contributed by atoms with Gasteiger partial charge in [0.25, 0.3) is 0 Å². The van der Waals surface area contributed by atoms with E-state index in [4.69, 9.17) is 14.5 Å². The second-order valence-corrected chi connectivity index (χ2v) is 11.4. The summed E-state index contributed by atoms with van der Waals surface area (Å²) in [5.41, 5.74) is 2.22. The van der Waals surface area contributed by atoms with Gasteiger partial charge < -0.3 is 19.5 Å². The molecule has 35 heavy (non-hydrogen) atoms. The Morgan fingerprint density at radius 3 is 2.60 bits per heavy atom. The number of piperidine rings is 1. The minimum Gasteiger partial charge on any atom is -0.496 e. The largest absolute Gasteiger partial charge is 0.496 e. The van der Waals surface area contributed by atoms with E-state index in [1.807, 2.05) is 39.0 Å². The minimum atomic E-state index is -0.709. The van der Waals surface area contributed by atoms with Crippen molar-refractivity contribution >= 4 is 17.3 Å². The van der Waals surface area contributed by atoms with Gasteiger partial charge >= 0.3 is 5.97 Å². The van der Waals surface area contributed by atoms with Crippen LogP contribution in [0.25, 0.3) is 11.3 Å². The highest BCUT2D eigenvalue weighted by Gasteiger charge is 2.27. The molecule has 1 aromatic carbocycles. The van der Waals surface area contributed by atoms with Crippen LogP contribution in [0.5, 0.6) is 5.75 Å². The van der Waals surface area contributed by atoms with Crippen molar-refractivity contribution in [3.05, 3.63) is 34.2 Å². The van der Waals surface area contributed by atoms with Crippen molar-refractivity contribution in [1.82, 2.24) is 14.8 Å². The van der Waals surface area contributed by atoms with Crippen LogP contribution in [0.1, 0.15) is 69.7 Å². The molecular formula is C27H41N3O4S. The van der Waals surface area contributed by atoms with E-state index in [0.29, 0.717) is 18.2 Å². The normalized spacial score (nSPS) is 16.5. The number of carbonyl (C=O) groups is 1. The predicted molar refractivity (Wildman–Crippen MR) is 141 cm³/mol. The maximum Gasteiger partial charge on any atom is 0.306 e. The molecular weight excluding hydrogens is 462 g/mol. The lowest BCUT2D eigenvalue weighted by molar-refractivity contribution is -0.154. The number of carbonyl (C=O) groups excluding carboxylic acids is 1. The quantitative estimate of drug-likeness (QED) is 0.365. The monoisotopic (exact) mass is 503 g/mol. The summed E-state index contributed by atoms with van der Waals surface area (Å²) >= 11 is 1.63. The molecule has 1 aliphatic rings. The van der Waals surface area contributed by atoms with Gasteiger partial charge in [0.1, 0.15) is 17.6 Å². The fraction of sp³-hybridized carbons (Fsp3) is 0.630. The molecule has 1 unspecified atom stereocenters. The van der Waals surface area contributed by atoms with Crippen LogP contribution in [-0.2, 0) is 16.0 Å². The average Bonchev–Trinajstić information content (AvgIpc) is 3.29. The summed E-state index contributed by atoms with van der Waals surface area (Å²) in [6.07, 6.45) is 4.31. The van der Waals surface area contributed by atoms with Crippen LogP contribution in [0.3, 0.4) is 0 Å². The smallest absolute Gasteiger partial charge is 0.306 e. The summed E-state index contributed by atoms with van der Waals surface area (Å²) in [6.45, 7) is 7.36. The number of likely N-dealkylation sites (tertiary alicyclic amines) is 1. The van der Waals surface area contributed by atoms with E-state index in [2.05, 4.69) is 29.3 Å². The van der Waals surface area contributed by atoms with Gasteiger partial charge in [0.15, 0.2) is 0 Å². The number of hydrogen-bond donors (Lipinski definition) is 1. The Kier molecular flexibility index (Phi) is 9.69. The Bertz CT molecular complexity index is 962. The van der Waals surface area contributed by atoms with E-state index < -0.39 is 11.8 Å². The number of benzene rings is 1. The molecule has 0 amide bonds. The molecule has 7 nitrogen and oxygen atoms in total. The lowest BCUT2D eigenvalue weighted by atomic mass is 10.0. The third-order valence-electron chi connectivity index (χ3n) is 6.37. The lowest BCUT2D eigenvalue weighted by Gasteiger charge is -2.37. The molecule has 2 heterocycles. The van der Waals surface area contributed by atoms with Gasteiger partial charge in [0.05, 0.1) is 17.8 Å². The molecule has 0 bridgehead atoms. The zero-order chi connectivity index (χ0) is 25.6. The van der Waals surface area contributed by atoms with Crippen molar-refractivity contribution in [3.63, 3.8) is 0 Å². The van der Waals surface area contributed by atoms with E-state index in [1.165, 1.54) is 0 Å². The number of hydrogen-bond acceptors (Lipinski definition) is 8. The zero-order valence-electron chi connectivity index (χ0n) is 22.0. The molecule has 194 valence electrons. The van der Waals surface area contributed by atoms with Crippen molar-refractivity contribution in [2.75, 3.05) is 34.3 Å². The number of nitrogens with zero attached hydrogens (tertiary/aromatic N) is 3. The molecule has 8 heteroatoms. The molecule has 1 fully saturated rings. The van der Waals surface area contributed by atoms with Gasteiger partial charge in [0, 0.05) is 42.1 Å². The molecule has 1 aliphatic heterocycles. The van der Waals surface area contributed by atoms with Crippen LogP contribution in [0.4, 0.5) is 0 Å². The summed E-state index contributed by atoms with van der Waals surface area (Å²) in [7, 11) is 5.88. The molecule has 0 spiro atoms. The molecule has 3 rings (SSSR count).